The van der Waals surface area contributed by atoms with Crippen LogP contribution in [0.25, 0.3) is 11.6 Å². The van der Waals surface area contributed by atoms with Gasteiger partial charge in [0.05, 0.1) is 0 Å². The van der Waals surface area contributed by atoms with E-state index in [1.807, 2.05) is 12.1 Å². The third kappa shape index (κ3) is 2.36. The largest absolute Gasteiger partial charge is 0.507 e. The lowest BCUT2D eigenvalue weighted by Gasteiger charge is -2.21. The van der Waals surface area contributed by atoms with E-state index in [-0.39, 0.29) is 0 Å². The molecule has 0 aromatic heterocycles. The molecule has 90 valence electrons. The molecular weight excluding hydrogens is 210 g/mol. The van der Waals surface area contributed by atoms with E-state index < -0.39 is 0 Å². The quantitative estimate of drug-likeness (QED) is 0.857. The van der Waals surface area contributed by atoms with Gasteiger partial charge >= 0.3 is 0 Å². The van der Waals surface area contributed by atoms with Crippen LogP contribution >= 0.6 is 0 Å². The zero-order valence-corrected chi connectivity index (χ0v) is 10.5. The maximum absolute atomic E-state index is 9.83. The van der Waals surface area contributed by atoms with E-state index in [1.54, 1.807) is 6.07 Å². The molecule has 1 aliphatic rings. The van der Waals surface area contributed by atoms with Crippen LogP contribution in [0.4, 0.5) is 0 Å². The zero-order valence-electron chi connectivity index (χ0n) is 10.5. The Morgan fingerprint density at radius 2 is 2.06 bits per heavy atom. The predicted octanol–water partition coefficient (Wildman–Crippen LogP) is 3.49. The molecule has 0 atom stereocenters. The van der Waals surface area contributed by atoms with Crippen molar-refractivity contribution in [2.45, 2.75) is 20.3 Å². The number of allylic oxidation sites excluding steroid dienone is 2. The van der Waals surface area contributed by atoms with Crippen LogP contribution < -0.4 is 0 Å². The first-order valence-electron chi connectivity index (χ1n) is 6.19. The van der Waals surface area contributed by atoms with Crippen LogP contribution in [-0.4, -0.2) is 23.1 Å². The molecule has 1 aromatic carbocycles. The third-order valence-corrected chi connectivity index (χ3v) is 3.20. The fraction of sp³-hybridized carbons (Fsp3) is 0.333. The molecule has 0 fully saturated rings. The molecule has 2 nitrogen and oxygen atoms in total. The first-order chi connectivity index (χ1) is 8.26. The third-order valence-electron chi connectivity index (χ3n) is 3.20. The second-order valence-electron chi connectivity index (χ2n) is 4.22. The second-order valence-corrected chi connectivity index (χ2v) is 4.22. The number of rotatable bonds is 3. The van der Waals surface area contributed by atoms with Crippen molar-refractivity contribution in [1.29, 1.82) is 0 Å². The highest BCUT2D eigenvalue weighted by molar-refractivity contribution is 5.81. The van der Waals surface area contributed by atoms with E-state index in [2.05, 4.69) is 37.1 Å². The summed E-state index contributed by atoms with van der Waals surface area (Å²) in [6.45, 7) is 6.33. The van der Waals surface area contributed by atoms with Gasteiger partial charge in [-0.25, -0.2) is 0 Å². The molecule has 1 aliphatic carbocycles. The van der Waals surface area contributed by atoms with Crippen molar-refractivity contribution < 1.29 is 5.11 Å². The minimum Gasteiger partial charge on any atom is -0.507 e. The molecule has 1 aromatic rings. The Morgan fingerprint density at radius 1 is 1.29 bits per heavy atom. The van der Waals surface area contributed by atoms with E-state index in [0.717, 1.165) is 30.6 Å². The number of benzene rings is 1. The van der Waals surface area contributed by atoms with Gasteiger partial charge in [-0.05, 0) is 37.5 Å². The fourth-order valence-corrected chi connectivity index (χ4v) is 2.17. The summed E-state index contributed by atoms with van der Waals surface area (Å²) < 4.78 is 0. The number of nitrogens with zero attached hydrogens (tertiary/aromatic N) is 1. The van der Waals surface area contributed by atoms with E-state index >= 15 is 0 Å². The molecule has 1 N–H and O–H groups in total. The Bertz CT molecular complexity index is 456. The van der Waals surface area contributed by atoms with E-state index in [0.29, 0.717) is 5.75 Å². The summed E-state index contributed by atoms with van der Waals surface area (Å²) in [5.74, 6) is 0.365. The number of hydrogen-bond acceptors (Lipinski definition) is 2. The molecule has 0 saturated carbocycles. The lowest BCUT2D eigenvalue weighted by atomic mass is 9.92. The van der Waals surface area contributed by atoms with E-state index in [1.165, 1.54) is 5.57 Å². The molecule has 0 spiro atoms. The average Bonchev–Trinajstić information content (AvgIpc) is 2.37. The lowest BCUT2D eigenvalue weighted by molar-refractivity contribution is 0.419. The Hall–Kier alpha value is -1.70. The van der Waals surface area contributed by atoms with E-state index in [9.17, 15) is 5.11 Å². The van der Waals surface area contributed by atoms with Gasteiger partial charge in [0, 0.05) is 24.9 Å². The van der Waals surface area contributed by atoms with Crippen molar-refractivity contribution >= 4 is 11.6 Å². The normalized spacial score (nSPS) is 16.0. The van der Waals surface area contributed by atoms with Gasteiger partial charge in [0.25, 0.3) is 0 Å². The second kappa shape index (κ2) is 5.09. The van der Waals surface area contributed by atoms with Gasteiger partial charge in [-0.1, -0.05) is 24.3 Å². The average molecular weight is 229 g/mol. The smallest absolute Gasteiger partial charge is 0.123 e. The maximum atomic E-state index is 9.83. The molecule has 0 amide bonds. The molecule has 0 bridgehead atoms. The first kappa shape index (κ1) is 11.8. The molecule has 0 heterocycles. The molecular formula is C15H19NO. The van der Waals surface area contributed by atoms with Gasteiger partial charge in [0.2, 0.25) is 0 Å². The minimum absolute atomic E-state index is 0.365. The monoisotopic (exact) mass is 229 g/mol. The van der Waals surface area contributed by atoms with Gasteiger partial charge in [-0.3, -0.25) is 0 Å². The van der Waals surface area contributed by atoms with Crippen LogP contribution in [0, 0.1) is 0 Å². The number of phenols is 1. The van der Waals surface area contributed by atoms with Crippen molar-refractivity contribution in [1.82, 2.24) is 4.90 Å². The number of aromatic hydroxyl groups is 1. The molecule has 0 saturated heterocycles. The van der Waals surface area contributed by atoms with Crippen LogP contribution in [0.15, 0.2) is 30.5 Å². The molecule has 2 rings (SSSR count). The summed E-state index contributed by atoms with van der Waals surface area (Å²) in [4.78, 5) is 2.28. The summed E-state index contributed by atoms with van der Waals surface area (Å²) in [5, 5.41) is 9.83. The molecule has 0 aliphatic heterocycles. The van der Waals surface area contributed by atoms with Gasteiger partial charge < -0.3 is 10.0 Å². The summed E-state index contributed by atoms with van der Waals surface area (Å²) >= 11 is 0. The highest BCUT2D eigenvalue weighted by atomic mass is 16.3. The maximum Gasteiger partial charge on any atom is 0.123 e. The lowest BCUT2D eigenvalue weighted by Crippen LogP contribution is -2.16. The van der Waals surface area contributed by atoms with Crippen LogP contribution in [0.1, 0.15) is 31.4 Å². The number of fused-ring (bicyclic) bond motifs is 1. The predicted molar refractivity (Wildman–Crippen MR) is 72.7 cm³/mol. The topological polar surface area (TPSA) is 23.5 Å². The van der Waals surface area contributed by atoms with Crippen LogP contribution in [0.3, 0.4) is 0 Å². The van der Waals surface area contributed by atoms with Gasteiger partial charge in [0.1, 0.15) is 5.75 Å². The first-order valence-corrected chi connectivity index (χ1v) is 6.19. The number of hydrogen-bond donors (Lipinski definition) is 1. The summed E-state index contributed by atoms with van der Waals surface area (Å²) in [6.07, 6.45) is 7.26. The van der Waals surface area contributed by atoms with Gasteiger partial charge in [-0.15, -0.1) is 0 Å². The SMILES string of the molecule is CCN(C=C1CC=Cc2c(O)cccc21)CC. The summed E-state index contributed by atoms with van der Waals surface area (Å²) in [6, 6.07) is 5.72. The van der Waals surface area contributed by atoms with Gasteiger partial charge in [-0.2, -0.15) is 0 Å². The summed E-state index contributed by atoms with van der Waals surface area (Å²) in [7, 11) is 0. The zero-order chi connectivity index (χ0) is 12.3. The van der Waals surface area contributed by atoms with Crippen molar-refractivity contribution in [3.63, 3.8) is 0 Å². The van der Waals surface area contributed by atoms with Crippen LogP contribution in [0.2, 0.25) is 0 Å². The minimum atomic E-state index is 0.365. The highest BCUT2D eigenvalue weighted by Gasteiger charge is 2.13. The van der Waals surface area contributed by atoms with Crippen molar-refractivity contribution in [3.05, 3.63) is 41.6 Å². The van der Waals surface area contributed by atoms with Crippen molar-refractivity contribution in [2.75, 3.05) is 13.1 Å². The van der Waals surface area contributed by atoms with Crippen LogP contribution in [0.5, 0.6) is 5.75 Å². The summed E-state index contributed by atoms with van der Waals surface area (Å²) in [5.41, 5.74) is 3.37. The Labute approximate surface area is 103 Å². The Balaban J connectivity index is 2.41. The number of phenolic OH excluding ortho intramolecular Hbond substituents is 1. The van der Waals surface area contributed by atoms with E-state index in [4.69, 9.17) is 0 Å². The van der Waals surface area contributed by atoms with Crippen LogP contribution in [-0.2, 0) is 0 Å². The molecule has 17 heavy (non-hydrogen) atoms. The molecule has 2 heteroatoms. The van der Waals surface area contributed by atoms with Crippen molar-refractivity contribution in [3.8, 4) is 5.75 Å². The highest BCUT2D eigenvalue weighted by Crippen LogP contribution is 2.34. The van der Waals surface area contributed by atoms with Gasteiger partial charge in [0.15, 0.2) is 0 Å². The Kier molecular flexibility index (Phi) is 3.52. The molecule has 0 radical (unpaired) electrons. The standard InChI is InChI=1S/C15H19NO/c1-3-16(4-2)11-12-7-5-9-14-13(12)8-6-10-15(14)17/h5-6,8-11,17H,3-4,7H2,1-2H3. The fourth-order valence-electron chi connectivity index (χ4n) is 2.17. The van der Waals surface area contributed by atoms with Crippen molar-refractivity contribution in [2.24, 2.45) is 0 Å². The Morgan fingerprint density at radius 3 is 2.76 bits per heavy atom. The molecule has 0 unspecified atom stereocenters.